The van der Waals surface area contributed by atoms with E-state index in [2.05, 4.69) is 45.0 Å². The number of aromatic nitrogens is 2. The first-order valence-electron chi connectivity index (χ1n) is 7.09. The zero-order valence-electron chi connectivity index (χ0n) is 11.8. The van der Waals surface area contributed by atoms with Gasteiger partial charge < -0.3 is 14.8 Å². The molecule has 0 aliphatic carbocycles. The maximum Gasteiger partial charge on any atom is 0.0955 e. The molecule has 1 unspecified atom stereocenters. The van der Waals surface area contributed by atoms with Crippen molar-refractivity contribution in [1.82, 2.24) is 14.9 Å². The molecule has 0 saturated carbocycles. The number of anilines is 1. The standard InChI is InChI=1S/C15H22N4/c1-18(9-7-12-4-3-8-16-12)13-5-6-15-14(10-13)17-11-19(15)2/h5-6,10-12,16H,3-4,7-9H2,1-2H3. The second-order valence-electron chi connectivity index (χ2n) is 5.53. The Labute approximate surface area is 114 Å². The van der Waals surface area contributed by atoms with Gasteiger partial charge in [-0.05, 0) is 44.0 Å². The fourth-order valence-electron chi connectivity index (χ4n) is 2.84. The third-order valence-corrected chi connectivity index (χ3v) is 4.13. The minimum Gasteiger partial charge on any atom is -0.374 e. The third-order valence-electron chi connectivity index (χ3n) is 4.13. The van der Waals surface area contributed by atoms with Gasteiger partial charge in [-0.1, -0.05) is 0 Å². The topological polar surface area (TPSA) is 33.1 Å². The van der Waals surface area contributed by atoms with Gasteiger partial charge in [0.2, 0.25) is 0 Å². The van der Waals surface area contributed by atoms with Crippen LogP contribution in [0.15, 0.2) is 24.5 Å². The molecule has 4 heteroatoms. The SMILES string of the molecule is CN(CCC1CCCN1)c1ccc2c(c1)ncn2C. The molecule has 1 fully saturated rings. The summed E-state index contributed by atoms with van der Waals surface area (Å²) in [5, 5.41) is 3.55. The molecule has 1 aliphatic heterocycles. The Kier molecular flexibility index (Phi) is 3.42. The van der Waals surface area contributed by atoms with Crippen molar-refractivity contribution in [1.29, 1.82) is 0 Å². The average molecular weight is 258 g/mol. The van der Waals surface area contributed by atoms with Crippen LogP contribution in [0.1, 0.15) is 19.3 Å². The number of benzene rings is 1. The summed E-state index contributed by atoms with van der Waals surface area (Å²) >= 11 is 0. The van der Waals surface area contributed by atoms with Gasteiger partial charge in [0.25, 0.3) is 0 Å². The molecule has 3 rings (SSSR count). The predicted octanol–water partition coefficient (Wildman–Crippen LogP) is 2.15. The van der Waals surface area contributed by atoms with E-state index >= 15 is 0 Å². The van der Waals surface area contributed by atoms with Gasteiger partial charge >= 0.3 is 0 Å². The van der Waals surface area contributed by atoms with Gasteiger partial charge in [-0.3, -0.25) is 0 Å². The number of hydrogen-bond acceptors (Lipinski definition) is 3. The molecule has 0 spiro atoms. The maximum absolute atomic E-state index is 4.42. The Bertz CT molecular complexity index is 554. The van der Waals surface area contributed by atoms with Crippen LogP contribution in [-0.4, -0.2) is 35.7 Å². The van der Waals surface area contributed by atoms with Crippen molar-refractivity contribution in [3.63, 3.8) is 0 Å². The lowest BCUT2D eigenvalue weighted by Gasteiger charge is -2.21. The molecule has 1 aliphatic rings. The summed E-state index contributed by atoms with van der Waals surface area (Å²) in [6, 6.07) is 7.23. The Morgan fingerprint density at radius 2 is 2.37 bits per heavy atom. The van der Waals surface area contributed by atoms with Gasteiger partial charge in [0, 0.05) is 32.4 Å². The predicted molar refractivity (Wildman–Crippen MR) is 79.6 cm³/mol. The molecule has 2 aromatic rings. The number of imidazole rings is 1. The first-order valence-corrected chi connectivity index (χ1v) is 7.09. The third kappa shape index (κ3) is 2.59. The summed E-state index contributed by atoms with van der Waals surface area (Å²) in [4.78, 5) is 6.75. The zero-order valence-corrected chi connectivity index (χ0v) is 11.8. The van der Waals surface area contributed by atoms with Crippen LogP contribution in [0.4, 0.5) is 5.69 Å². The van der Waals surface area contributed by atoms with Crippen molar-refractivity contribution < 1.29 is 0 Å². The van der Waals surface area contributed by atoms with Gasteiger partial charge in [-0.25, -0.2) is 4.98 Å². The molecule has 1 aromatic heterocycles. The molecular formula is C15H22N4. The highest BCUT2D eigenvalue weighted by atomic mass is 15.1. The largest absolute Gasteiger partial charge is 0.374 e. The average Bonchev–Trinajstić information content (AvgIpc) is 3.06. The second-order valence-corrected chi connectivity index (χ2v) is 5.53. The van der Waals surface area contributed by atoms with E-state index in [0.29, 0.717) is 6.04 Å². The first kappa shape index (κ1) is 12.5. The van der Waals surface area contributed by atoms with E-state index in [1.807, 2.05) is 13.4 Å². The molecular weight excluding hydrogens is 236 g/mol. The Hall–Kier alpha value is -1.55. The fourth-order valence-corrected chi connectivity index (χ4v) is 2.84. The Morgan fingerprint density at radius 3 is 3.16 bits per heavy atom. The number of hydrogen-bond donors (Lipinski definition) is 1. The van der Waals surface area contributed by atoms with E-state index in [1.54, 1.807) is 0 Å². The summed E-state index contributed by atoms with van der Waals surface area (Å²) in [5.41, 5.74) is 3.52. The minimum absolute atomic E-state index is 0.709. The molecule has 0 bridgehead atoms. The number of nitrogens with one attached hydrogen (secondary N) is 1. The van der Waals surface area contributed by atoms with E-state index in [4.69, 9.17) is 0 Å². The molecule has 1 aromatic carbocycles. The van der Waals surface area contributed by atoms with E-state index in [-0.39, 0.29) is 0 Å². The summed E-state index contributed by atoms with van der Waals surface area (Å²) in [6.07, 6.45) is 5.75. The van der Waals surface area contributed by atoms with Crippen LogP contribution in [-0.2, 0) is 7.05 Å². The van der Waals surface area contributed by atoms with Crippen LogP contribution < -0.4 is 10.2 Å². The first-order chi connectivity index (χ1) is 9.24. The molecule has 4 nitrogen and oxygen atoms in total. The fraction of sp³-hybridized carbons (Fsp3) is 0.533. The van der Waals surface area contributed by atoms with Gasteiger partial charge in [0.05, 0.1) is 17.4 Å². The minimum atomic E-state index is 0.709. The van der Waals surface area contributed by atoms with Gasteiger partial charge in [-0.2, -0.15) is 0 Å². The van der Waals surface area contributed by atoms with Crippen LogP contribution >= 0.6 is 0 Å². The van der Waals surface area contributed by atoms with Gasteiger partial charge in [0.1, 0.15) is 0 Å². The highest BCUT2D eigenvalue weighted by molar-refractivity contribution is 5.79. The van der Waals surface area contributed by atoms with E-state index < -0.39 is 0 Å². The van der Waals surface area contributed by atoms with Gasteiger partial charge in [-0.15, -0.1) is 0 Å². The summed E-state index contributed by atoms with van der Waals surface area (Å²) in [7, 11) is 4.20. The molecule has 1 saturated heterocycles. The summed E-state index contributed by atoms with van der Waals surface area (Å²) < 4.78 is 2.06. The lowest BCUT2D eigenvalue weighted by Crippen LogP contribution is -2.28. The monoisotopic (exact) mass is 258 g/mol. The number of fused-ring (bicyclic) bond motifs is 1. The van der Waals surface area contributed by atoms with E-state index in [0.717, 1.165) is 12.1 Å². The Morgan fingerprint density at radius 1 is 1.47 bits per heavy atom. The van der Waals surface area contributed by atoms with Crippen LogP contribution in [0, 0.1) is 0 Å². The lowest BCUT2D eigenvalue weighted by molar-refractivity contribution is 0.559. The van der Waals surface area contributed by atoms with Crippen molar-refractivity contribution in [3.05, 3.63) is 24.5 Å². The molecule has 1 N–H and O–H groups in total. The van der Waals surface area contributed by atoms with Crippen molar-refractivity contribution >= 4 is 16.7 Å². The van der Waals surface area contributed by atoms with Crippen molar-refractivity contribution in [2.75, 3.05) is 25.0 Å². The molecule has 102 valence electrons. The normalized spacial score (nSPS) is 19.2. The van der Waals surface area contributed by atoms with Crippen LogP contribution in [0.2, 0.25) is 0 Å². The second kappa shape index (κ2) is 5.21. The van der Waals surface area contributed by atoms with E-state index in [1.165, 1.54) is 37.0 Å². The zero-order chi connectivity index (χ0) is 13.2. The van der Waals surface area contributed by atoms with E-state index in [9.17, 15) is 0 Å². The quantitative estimate of drug-likeness (QED) is 0.912. The molecule has 0 radical (unpaired) electrons. The molecule has 2 heterocycles. The van der Waals surface area contributed by atoms with Gasteiger partial charge in [0.15, 0.2) is 0 Å². The highest BCUT2D eigenvalue weighted by Gasteiger charge is 2.14. The Balaban J connectivity index is 1.68. The molecule has 0 amide bonds. The van der Waals surface area contributed by atoms with Crippen LogP contribution in [0.5, 0.6) is 0 Å². The van der Waals surface area contributed by atoms with Crippen molar-refractivity contribution in [3.8, 4) is 0 Å². The van der Waals surface area contributed by atoms with Crippen molar-refractivity contribution in [2.45, 2.75) is 25.3 Å². The summed E-state index contributed by atoms with van der Waals surface area (Å²) in [6.45, 7) is 2.28. The van der Waals surface area contributed by atoms with Crippen molar-refractivity contribution in [2.24, 2.45) is 7.05 Å². The number of rotatable bonds is 4. The van der Waals surface area contributed by atoms with Crippen LogP contribution in [0.25, 0.3) is 11.0 Å². The number of nitrogens with zero attached hydrogens (tertiary/aromatic N) is 3. The molecule has 1 atom stereocenters. The maximum atomic E-state index is 4.42. The summed E-state index contributed by atoms with van der Waals surface area (Å²) in [5.74, 6) is 0. The number of aryl methyl sites for hydroxylation is 1. The highest BCUT2D eigenvalue weighted by Crippen LogP contribution is 2.21. The molecule has 19 heavy (non-hydrogen) atoms. The smallest absolute Gasteiger partial charge is 0.0955 e. The lowest BCUT2D eigenvalue weighted by atomic mass is 10.1. The van der Waals surface area contributed by atoms with Crippen LogP contribution in [0.3, 0.4) is 0 Å².